The lowest BCUT2D eigenvalue weighted by Crippen LogP contribution is -2.41. The number of hydrogen-bond donors (Lipinski definition) is 0. The summed E-state index contributed by atoms with van der Waals surface area (Å²) in [5.74, 6) is 0. The van der Waals surface area contributed by atoms with Gasteiger partial charge in [0.15, 0.2) is 5.69 Å². The lowest BCUT2D eigenvalue weighted by atomic mass is 9.87. The second kappa shape index (κ2) is 8.08. The Labute approximate surface area is 183 Å². The molecule has 0 saturated heterocycles. The number of nitrogens with zero attached hydrogens (tertiary/aromatic N) is 1. The SMILES string of the molecule is Cc1ccc(Cl)cc1-[n+]1c(-c2ccccc2)cc(-c2ccccc2)c2c1CCCC2. The number of halogens is 1. The average molecular weight is 411 g/mol. The molecule has 0 spiro atoms. The molecule has 0 unspecified atom stereocenters. The Morgan fingerprint density at radius 2 is 1.40 bits per heavy atom. The fourth-order valence-corrected chi connectivity index (χ4v) is 4.82. The van der Waals surface area contributed by atoms with Crippen molar-refractivity contribution in [2.45, 2.75) is 32.6 Å². The van der Waals surface area contributed by atoms with Crippen molar-refractivity contribution in [2.75, 3.05) is 0 Å². The predicted octanol–water partition coefficient (Wildman–Crippen LogP) is 7.14. The number of pyridine rings is 1. The zero-order valence-corrected chi connectivity index (χ0v) is 18.0. The summed E-state index contributed by atoms with van der Waals surface area (Å²) < 4.78 is 2.47. The molecule has 148 valence electrons. The van der Waals surface area contributed by atoms with Crippen LogP contribution in [-0.4, -0.2) is 0 Å². The third-order valence-electron chi connectivity index (χ3n) is 6.12. The van der Waals surface area contributed by atoms with Crippen LogP contribution in [0.4, 0.5) is 0 Å². The third-order valence-corrected chi connectivity index (χ3v) is 6.36. The van der Waals surface area contributed by atoms with Gasteiger partial charge in [-0.1, -0.05) is 66.2 Å². The summed E-state index contributed by atoms with van der Waals surface area (Å²) in [5, 5.41) is 0.777. The van der Waals surface area contributed by atoms with Gasteiger partial charge in [-0.25, -0.2) is 0 Å². The molecule has 1 nitrogen and oxygen atoms in total. The van der Waals surface area contributed by atoms with Crippen LogP contribution in [0.1, 0.15) is 29.7 Å². The van der Waals surface area contributed by atoms with Crippen LogP contribution in [-0.2, 0) is 12.8 Å². The maximum atomic E-state index is 6.46. The number of aromatic nitrogens is 1. The molecule has 1 heterocycles. The van der Waals surface area contributed by atoms with E-state index in [1.165, 1.54) is 57.7 Å². The molecular formula is C28H25ClN+. The Balaban J connectivity index is 1.89. The number of benzene rings is 3. The second-order valence-electron chi connectivity index (χ2n) is 8.07. The summed E-state index contributed by atoms with van der Waals surface area (Å²) in [4.78, 5) is 0. The molecule has 1 aromatic heterocycles. The van der Waals surface area contributed by atoms with E-state index >= 15 is 0 Å². The molecule has 0 atom stereocenters. The van der Waals surface area contributed by atoms with Crippen LogP contribution in [0.15, 0.2) is 84.9 Å². The van der Waals surface area contributed by atoms with Crippen molar-refractivity contribution in [1.29, 1.82) is 0 Å². The van der Waals surface area contributed by atoms with Crippen LogP contribution in [0.5, 0.6) is 0 Å². The fraction of sp³-hybridized carbons (Fsp3) is 0.179. The van der Waals surface area contributed by atoms with Crippen LogP contribution >= 0.6 is 11.6 Å². The fourth-order valence-electron chi connectivity index (χ4n) is 4.66. The van der Waals surface area contributed by atoms with Crippen molar-refractivity contribution >= 4 is 11.6 Å². The molecular weight excluding hydrogens is 386 g/mol. The summed E-state index contributed by atoms with van der Waals surface area (Å²) in [6.45, 7) is 2.17. The first kappa shape index (κ1) is 19.1. The Hall–Kier alpha value is -2.90. The molecule has 1 aliphatic rings. The molecule has 2 heteroatoms. The molecule has 0 fully saturated rings. The molecule has 0 aliphatic heterocycles. The second-order valence-corrected chi connectivity index (χ2v) is 8.51. The molecule has 4 aromatic rings. The van der Waals surface area contributed by atoms with E-state index in [1.54, 1.807) is 0 Å². The zero-order valence-electron chi connectivity index (χ0n) is 17.2. The number of aryl methyl sites for hydroxylation is 1. The number of hydrogen-bond acceptors (Lipinski definition) is 0. The molecule has 30 heavy (non-hydrogen) atoms. The molecule has 0 saturated carbocycles. The van der Waals surface area contributed by atoms with Crippen LogP contribution in [0.25, 0.3) is 28.1 Å². The van der Waals surface area contributed by atoms with Crippen molar-refractivity contribution < 1.29 is 4.57 Å². The van der Waals surface area contributed by atoms with E-state index in [2.05, 4.69) is 90.4 Å². The van der Waals surface area contributed by atoms with Crippen LogP contribution in [0.2, 0.25) is 5.02 Å². The van der Waals surface area contributed by atoms with Crippen molar-refractivity contribution in [3.05, 3.63) is 107 Å². The summed E-state index contributed by atoms with van der Waals surface area (Å²) in [6.07, 6.45) is 4.67. The Bertz CT molecular complexity index is 1200. The summed E-state index contributed by atoms with van der Waals surface area (Å²) in [7, 11) is 0. The van der Waals surface area contributed by atoms with Crippen LogP contribution in [0.3, 0.4) is 0 Å². The predicted molar refractivity (Wildman–Crippen MR) is 125 cm³/mol. The Morgan fingerprint density at radius 1 is 0.733 bits per heavy atom. The van der Waals surface area contributed by atoms with Gasteiger partial charge in [0.05, 0.1) is 0 Å². The van der Waals surface area contributed by atoms with E-state index in [-0.39, 0.29) is 0 Å². The Morgan fingerprint density at radius 3 is 2.13 bits per heavy atom. The van der Waals surface area contributed by atoms with Crippen molar-refractivity contribution in [2.24, 2.45) is 0 Å². The highest BCUT2D eigenvalue weighted by Gasteiger charge is 2.31. The summed E-state index contributed by atoms with van der Waals surface area (Å²) in [5.41, 5.74) is 10.4. The highest BCUT2D eigenvalue weighted by atomic mass is 35.5. The van der Waals surface area contributed by atoms with E-state index in [1.807, 2.05) is 6.07 Å². The smallest absolute Gasteiger partial charge is 0.157 e. The molecule has 0 radical (unpaired) electrons. The van der Waals surface area contributed by atoms with Gasteiger partial charge >= 0.3 is 0 Å². The van der Waals surface area contributed by atoms with Gasteiger partial charge in [0.2, 0.25) is 11.4 Å². The molecule has 5 rings (SSSR count). The van der Waals surface area contributed by atoms with E-state index < -0.39 is 0 Å². The monoisotopic (exact) mass is 410 g/mol. The highest BCUT2D eigenvalue weighted by Crippen LogP contribution is 2.34. The molecule has 1 aliphatic carbocycles. The first-order valence-corrected chi connectivity index (χ1v) is 11.1. The van der Waals surface area contributed by atoms with Gasteiger partial charge in [0.1, 0.15) is 0 Å². The summed E-state index contributed by atoms with van der Waals surface area (Å²) in [6, 6.07) is 30.1. The quantitative estimate of drug-likeness (QED) is 0.316. The van der Waals surface area contributed by atoms with Gasteiger partial charge in [-0.15, -0.1) is 0 Å². The minimum atomic E-state index is 0.777. The topological polar surface area (TPSA) is 3.88 Å². The maximum Gasteiger partial charge on any atom is 0.219 e. The summed E-state index contributed by atoms with van der Waals surface area (Å²) >= 11 is 6.46. The maximum absolute atomic E-state index is 6.46. The number of rotatable bonds is 3. The molecule has 3 aromatic carbocycles. The van der Waals surface area contributed by atoms with Crippen molar-refractivity contribution in [3.63, 3.8) is 0 Å². The van der Waals surface area contributed by atoms with Gasteiger partial charge in [0, 0.05) is 40.3 Å². The van der Waals surface area contributed by atoms with Crippen molar-refractivity contribution in [3.8, 4) is 28.1 Å². The Kier molecular flexibility index (Phi) is 5.14. The largest absolute Gasteiger partial charge is 0.219 e. The first-order chi connectivity index (χ1) is 14.7. The lowest BCUT2D eigenvalue weighted by molar-refractivity contribution is -0.594. The minimum Gasteiger partial charge on any atom is -0.157 e. The van der Waals surface area contributed by atoms with Gasteiger partial charge in [-0.3, -0.25) is 0 Å². The third kappa shape index (κ3) is 3.44. The molecule has 0 N–H and O–H groups in total. The van der Waals surface area contributed by atoms with E-state index in [9.17, 15) is 0 Å². The van der Waals surface area contributed by atoms with Gasteiger partial charge in [0.25, 0.3) is 0 Å². The van der Waals surface area contributed by atoms with Gasteiger partial charge in [-0.2, -0.15) is 4.57 Å². The molecule has 0 bridgehead atoms. The zero-order chi connectivity index (χ0) is 20.5. The van der Waals surface area contributed by atoms with Crippen LogP contribution < -0.4 is 4.57 Å². The first-order valence-electron chi connectivity index (χ1n) is 10.7. The normalized spacial score (nSPS) is 13.1. The average Bonchev–Trinajstić information content (AvgIpc) is 2.81. The lowest BCUT2D eigenvalue weighted by Gasteiger charge is -2.21. The standard InChI is InChI=1S/C28H25ClN/c1-20-16-17-23(29)18-27(20)30-26-15-9-8-14-24(26)25(21-10-4-2-5-11-21)19-28(30)22-12-6-3-7-13-22/h2-7,10-13,16-19H,8-9,14-15H2,1H3/q+1. The van der Waals surface area contributed by atoms with Gasteiger partial charge < -0.3 is 0 Å². The molecule has 0 amide bonds. The van der Waals surface area contributed by atoms with Crippen molar-refractivity contribution in [1.82, 2.24) is 0 Å². The van der Waals surface area contributed by atoms with E-state index in [4.69, 9.17) is 11.6 Å². The highest BCUT2D eigenvalue weighted by molar-refractivity contribution is 6.30. The number of fused-ring (bicyclic) bond motifs is 1. The minimum absolute atomic E-state index is 0.777. The van der Waals surface area contributed by atoms with E-state index in [0.717, 1.165) is 17.9 Å². The van der Waals surface area contributed by atoms with Gasteiger partial charge in [-0.05, 0) is 55.5 Å². The van der Waals surface area contributed by atoms with Crippen LogP contribution in [0, 0.1) is 6.92 Å². The van der Waals surface area contributed by atoms with E-state index in [0.29, 0.717) is 0 Å².